The van der Waals surface area contributed by atoms with Crippen molar-refractivity contribution >= 4 is 10.9 Å². The standard InChI is InChI=1S/C17H19N3/c1-17(2,3)16-15-14-12(8-9-20(15)10-18-16)11-6-4-5-7-13(11)19-14/h4-7,10,19H,8-9H2,1-3H3. The number of hydrogen-bond donors (Lipinski definition) is 1. The summed E-state index contributed by atoms with van der Waals surface area (Å²) in [6.45, 7) is 7.71. The third-order valence-electron chi connectivity index (χ3n) is 4.20. The summed E-state index contributed by atoms with van der Waals surface area (Å²) in [5.41, 5.74) is 6.46. The van der Waals surface area contributed by atoms with Crippen LogP contribution < -0.4 is 0 Å². The Morgan fingerprint density at radius 3 is 2.80 bits per heavy atom. The Morgan fingerprint density at radius 2 is 2.00 bits per heavy atom. The van der Waals surface area contributed by atoms with Gasteiger partial charge in [0.25, 0.3) is 0 Å². The molecule has 3 nitrogen and oxygen atoms in total. The maximum Gasteiger partial charge on any atom is 0.0955 e. The van der Waals surface area contributed by atoms with Crippen LogP contribution >= 0.6 is 0 Å². The van der Waals surface area contributed by atoms with Crippen molar-refractivity contribution in [1.82, 2.24) is 14.5 Å². The van der Waals surface area contributed by atoms with E-state index in [-0.39, 0.29) is 5.41 Å². The molecule has 1 N–H and O–H groups in total. The molecule has 0 aliphatic carbocycles. The number of hydrogen-bond acceptors (Lipinski definition) is 1. The fraction of sp³-hybridized carbons (Fsp3) is 0.353. The Morgan fingerprint density at radius 1 is 1.20 bits per heavy atom. The number of benzene rings is 1. The van der Waals surface area contributed by atoms with Crippen LogP contribution in [0.1, 0.15) is 32.0 Å². The van der Waals surface area contributed by atoms with E-state index in [1.54, 1.807) is 0 Å². The van der Waals surface area contributed by atoms with E-state index in [0.717, 1.165) is 13.0 Å². The third kappa shape index (κ3) is 1.49. The molecule has 0 saturated carbocycles. The van der Waals surface area contributed by atoms with Gasteiger partial charge in [0, 0.05) is 22.9 Å². The number of aryl methyl sites for hydroxylation is 2. The molecule has 20 heavy (non-hydrogen) atoms. The molecule has 0 bridgehead atoms. The highest BCUT2D eigenvalue weighted by atomic mass is 15.1. The Bertz CT molecular complexity index is 799. The number of H-pyrrole nitrogens is 1. The summed E-state index contributed by atoms with van der Waals surface area (Å²) in [4.78, 5) is 8.29. The minimum absolute atomic E-state index is 0.0620. The Balaban J connectivity index is 2.05. The lowest BCUT2D eigenvalue weighted by Crippen LogP contribution is -2.16. The first-order valence-electron chi connectivity index (χ1n) is 7.21. The van der Waals surface area contributed by atoms with Gasteiger partial charge in [-0.05, 0) is 18.1 Å². The molecule has 2 aromatic heterocycles. The average Bonchev–Trinajstić information content (AvgIpc) is 2.98. The van der Waals surface area contributed by atoms with Gasteiger partial charge in [-0.3, -0.25) is 0 Å². The van der Waals surface area contributed by atoms with E-state index in [0.29, 0.717) is 0 Å². The van der Waals surface area contributed by atoms with Crippen LogP contribution in [0.5, 0.6) is 0 Å². The molecule has 0 amide bonds. The smallest absolute Gasteiger partial charge is 0.0955 e. The molecular formula is C17H19N3. The number of rotatable bonds is 0. The average molecular weight is 265 g/mol. The van der Waals surface area contributed by atoms with E-state index in [1.165, 1.54) is 33.5 Å². The van der Waals surface area contributed by atoms with Gasteiger partial charge in [-0.2, -0.15) is 0 Å². The molecular weight excluding hydrogens is 246 g/mol. The molecule has 4 rings (SSSR count). The molecule has 0 atom stereocenters. The molecule has 0 spiro atoms. The van der Waals surface area contributed by atoms with Crippen molar-refractivity contribution in [2.45, 2.75) is 39.2 Å². The van der Waals surface area contributed by atoms with E-state index in [4.69, 9.17) is 0 Å². The third-order valence-corrected chi connectivity index (χ3v) is 4.20. The molecule has 3 heterocycles. The monoisotopic (exact) mass is 265 g/mol. The van der Waals surface area contributed by atoms with E-state index in [9.17, 15) is 0 Å². The molecule has 102 valence electrons. The second-order valence-electron chi connectivity index (χ2n) is 6.66. The van der Waals surface area contributed by atoms with Crippen molar-refractivity contribution in [1.29, 1.82) is 0 Å². The van der Waals surface area contributed by atoms with Gasteiger partial charge in [0.2, 0.25) is 0 Å². The predicted molar refractivity (Wildman–Crippen MR) is 81.9 cm³/mol. The minimum Gasteiger partial charge on any atom is -0.353 e. The zero-order valence-corrected chi connectivity index (χ0v) is 12.2. The van der Waals surface area contributed by atoms with Gasteiger partial charge in [0.15, 0.2) is 0 Å². The number of para-hydroxylation sites is 1. The number of aromatic nitrogens is 3. The first-order valence-corrected chi connectivity index (χ1v) is 7.21. The van der Waals surface area contributed by atoms with Crippen molar-refractivity contribution in [2.75, 3.05) is 0 Å². The number of imidazole rings is 1. The second kappa shape index (κ2) is 3.75. The molecule has 3 heteroatoms. The van der Waals surface area contributed by atoms with Crippen LogP contribution in [0.3, 0.4) is 0 Å². The number of nitrogens with zero attached hydrogens (tertiary/aromatic N) is 2. The molecule has 1 aliphatic rings. The summed E-state index contributed by atoms with van der Waals surface area (Å²) in [6, 6.07) is 8.58. The summed E-state index contributed by atoms with van der Waals surface area (Å²) in [5.74, 6) is 0. The van der Waals surface area contributed by atoms with Crippen molar-refractivity contribution in [3.05, 3.63) is 41.9 Å². The lowest BCUT2D eigenvalue weighted by Gasteiger charge is -2.22. The highest BCUT2D eigenvalue weighted by molar-refractivity contribution is 5.91. The van der Waals surface area contributed by atoms with E-state index < -0.39 is 0 Å². The summed E-state index contributed by atoms with van der Waals surface area (Å²) < 4.78 is 2.29. The quantitative estimate of drug-likeness (QED) is 0.657. The van der Waals surface area contributed by atoms with Crippen molar-refractivity contribution in [3.63, 3.8) is 0 Å². The van der Waals surface area contributed by atoms with E-state index >= 15 is 0 Å². The largest absolute Gasteiger partial charge is 0.353 e. The van der Waals surface area contributed by atoms with Gasteiger partial charge in [0.05, 0.1) is 23.4 Å². The van der Waals surface area contributed by atoms with Crippen molar-refractivity contribution < 1.29 is 0 Å². The Hall–Kier alpha value is -2.03. The lowest BCUT2D eigenvalue weighted by atomic mass is 9.88. The summed E-state index contributed by atoms with van der Waals surface area (Å²) in [7, 11) is 0. The second-order valence-corrected chi connectivity index (χ2v) is 6.66. The van der Waals surface area contributed by atoms with Crippen LogP contribution in [0, 0.1) is 0 Å². The zero-order valence-electron chi connectivity index (χ0n) is 12.2. The van der Waals surface area contributed by atoms with Gasteiger partial charge in [-0.1, -0.05) is 39.0 Å². The van der Waals surface area contributed by atoms with Crippen molar-refractivity contribution in [3.8, 4) is 11.4 Å². The van der Waals surface area contributed by atoms with Crippen LogP contribution in [-0.4, -0.2) is 14.5 Å². The van der Waals surface area contributed by atoms with Gasteiger partial charge >= 0.3 is 0 Å². The molecule has 0 unspecified atom stereocenters. The molecule has 0 radical (unpaired) electrons. The fourth-order valence-corrected chi connectivity index (χ4v) is 3.26. The summed E-state index contributed by atoms with van der Waals surface area (Å²) in [6.07, 6.45) is 3.07. The van der Waals surface area contributed by atoms with Gasteiger partial charge in [-0.15, -0.1) is 0 Å². The van der Waals surface area contributed by atoms with Crippen LogP contribution in [0.15, 0.2) is 30.6 Å². The molecule has 3 aromatic rings. The Kier molecular flexibility index (Phi) is 2.21. The maximum absolute atomic E-state index is 4.68. The van der Waals surface area contributed by atoms with Crippen LogP contribution in [0.4, 0.5) is 0 Å². The van der Waals surface area contributed by atoms with Gasteiger partial charge < -0.3 is 9.55 Å². The maximum atomic E-state index is 4.68. The molecule has 0 fully saturated rings. The van der Waals surface area contributed by atoms with E-state index in [2.05, 4.69) is 59.6 Å². The SMILES string of the molecule is CC(C)(C)c1ncn2c1-c1[nH]c3ccccc3c1CC2. The topological polar surface area (TPSA) is 33.6 Å². The first-order chi connectivity index (χ1) is 9.55. The predicted octanol–water partition coefficient (Wildman–Crippen LogP) is 3.89. The first kappa shape index (κ1) is 11.8. The molecule has 0 saturated heterocycles. The number of aromatic amines is 1. The summed E-state index contributed by atoms with van der Waals surface area (Å²) in [5, 5.41) is 1.36. The molecule has 1 aliphatic heterocycles. The Labute approximate surface area is 118 Å². The summed E-state index contributed by atoms with van der Waals surface area (Å²) >= 11 is 0. The lowest BCUT2D eigenvalue weighted by molar-refractivity contribution is 0.571. The van der Waals surface area contributed by atoms with Gasteiger partial charge in [-0.25, -0.2) is 4.98 Å². The fourth-order valence-electron chi connectivity index (χ4n) is 3.26. The zero-order chi connectivity index (χ0) is 13.9. The number of nitrogens with one attached hydrogen (secondary N) is 1. The van der Waals surface area contributed by atoms with Gasteiger partial charge in [0.1, 0.15) is 0 Å². The van der Waals surface area contributed by atoms with Crippen molar-refractivity contribution in [2.24, 2.45) is 0 Å². The normalized spacial score (nSPS) is 14.3. The minimum atomic E-state index is 0.0620. The molecule has 1 aromatic carbocycles. The van der Waals surface area contributed by atoms with Crippen LogP contribution in [0.25, 0.3) is 22.3 Å². The van der Waals surface area contributed by atoms with Crippen LogP contribution in [0.2, 0.25) is 0 Å². The number of fused-ring (bicyclic) bond motifs is 5. The highest BCUT2D eigenvalue weighted by Gasteiger charge is 2.29. The van der Waals surface area contributed by atoms with Crippen LogP contribution in [-0.2, 0) is 18.4 Å². The van der Waals surface area contributed by atoms with E-state index in [1.807, 2.05) is 6.33 Å². The highest BCUT2D eigenvalue weighted by Crippen LogP contribution is 2.39.